The van der Waals surface area contributed by atoms with E-state index < -0.39 is 0 Å². The maximum absolute atomic E-state index is 6.51. The first-order chi connectivity index (χ1) is 26.1. The topological polar surface area (TPSA) is 33.7 Å². The van der Waals surface area contributed by atoms with Crippen molar-refractivity contribution in [2.75, 3.05) is 24.4 Å². The lowest BCUT2D eigenvalue weighted by molar-refractivity contribution is -0.0566. The van der Waals surface area contributed by atoms with Crippen LogP contribution in [0.2, 0.25) is 0 Å². The molecule has 4 nitrogen and oxygen atoms in total. The number of hydrogen-bond donors (Lipinski definition) is 1. The van der Waals surface area contributed by atoms with Gasteiger partial charge in [-0.1, -0.05) is 121 Å². The van der Waals surface area contributed by atoms with Crippen LogP contribution in [-0.2, 0) is 16.6 Å². The van der Waals surface area contributed by atoms with E-state index in [-0.39, 0.29) is 5.41 Å². The van der Waals surface area contributed by atoms with Crippen molar-refractivity contribution in [1.82, 2.24) is 0 Å². The second kappa shape index (κ2) is 21.0. The number of nitrogens with one attached hydrogen (secondary N) is 1. The first kappa shape index (κ1) is 42.5. The van der Waals surface area contributed by atoms with Crippen molar-refractivity contribution in [2.45, 2.75) is 117 Å². The summed E-state index contributed by atoms with van der Waals surface area (Å²) in [6.07, 6.45) is 13.8. The van der Waals surface area contributed by atoms with Crippen molar-refractivity contribution < 1.29 is 9.47 Å². The molecular weight excluding hydrogens is 661 g/mol. The number of aryl methyl sites for hydroxylation is 2. The van der Waals surface area contributed by atoms with E-state index in [9.17, 15) is 0 Å². The van der Waals surface area contributed by atoms with Crippen LogP contribution in [0.15, 0.2) is 122 Å². The summed E-state index contributed by atoms with van der Waals surface area (Å²) in [7, 11) is 3.80. The van der Waals surface area contributed by atoms with E-state index in [4.69, 9.17) is 9.47 Å². The van der Waals surface area contributed by atoms with Crippen molar-refractivity contribution in [3.8, 4) is 5.75 Å². The third kappa shape index (κ3) is 11.6. The van der Waals surface area contributed by atoms with Crippen LogP contribution in [0.1, 0.15) is 108 Å². The van der Waals surface area contributed by atoms with E-state index in [1.54, 1.807) is 7.11 Å². The molecule has 0 heterocycles. The molecule has 0 radical (unpaired) electrons. The van der Waals surface area contributed by atoms with Gasteiger partial charge in [0.1, 0.15) is 5.75 Å². The molecule has 6 rings (SSSR count). The molecule has 4 aromatic rings. The molecule has 2 saturated carbocycles. The largest absolute Gasteiger partial charge is 0.497 e. The highest BCUT2D eigenvalue weighted by molar-refractivity contribution is 5.61. The fourth-order valence-corrected chi connectivity index (χ4v) is 7.74. The molecule has 0 aromatic heterocycles. The third-order valence-electron chi connectivity index (χ3n) is 11.4. The van der Waals surface area contributed by atoms with Gasteiger partial charge in [0.25, 0.3) is 0 Å². The number of rotatable bonds is 12. The van der Waals surface area contributed by atoms with Crippen molar-refractivity contribution >= 4 is 17.1 Å². The van der Waals surface area contributed by atoms with Gasteiger partial charge in [-0.2, -0.15) is 0 Å². The number of methoxy groups -OCH3 is 1. The molecule has 2 aliphatic carbocycles. The van der Waals surface area contributed by atoms with Crippen LogP contribution in [0.25, 0.3) is 0 Å². The lowest BCUT2D eigenvalue weighted by Crippen LogP contribution is -2.36. The Labute approximate surface area is 328 Å². The Balaban J connectivity index is 0.000000231. The molecule has 1 N–H and O–H groups in total. The standard InChI is InChI=1S/C24H35NO2.C24H27N.C2H6/c1-5-19-11-14-23(27-22-9-7-6-8-10-22)17-24(19)18(2)25(3)20-12-15-21(26-4)16-13-20;1-5-19-8-14-22(15-9-19)25-23-16-12-21(13-17-23)24(3,4)20-10-6-18(2)7-11-20;1-2/h5,12-13,15-16,19,22-24H,1-2,6-11,14,17H2,3-4H3;6-17,25H,5H2,1-4H3;1-2H3. The summed E-state index contributed by atoms with van der Waals surface area (Å²) < 4.78 is 11.8. The molecule has 4 heteroatoms. The molecule has 290 valence electrons. The lowest BCUT2D eigenvalue weighted by atomic mass is 9.76. The van der Waals surface area contributed by atoms with Crippen molar-refractivity contribution in [1.29, 1.82) is 0 Å². The van der Waals surface area contributed by atoms with E-state index in [2.05, 4.69) is 149 Å². The molecule has 0 amide bonds. The number of benzene rings is 4. The van der Waals surface area contributed by atoms with Crippen LogP contribution < -0.4 is 15.0 Å². The van der Waals surface area contributed by atoms with Gasteiger partial charge in [-0.3, -0.25) is 0 Å². The maximum Gasteiger partial charge on any atom is 0.119 e. The highest BCUT2D eigenvalue weighted by Crippen LogP contribution is 2.40. The predicted molar refractivity (Wildman–Crippen MR) is 234 cm³/mol. The number of nitrogens with zero attached hydrogens (tertiary/aromatic N) is 1. The van der Waals surface area contributed by atoms with E-state index in [1.807, 2.05) is 26.0 Å². The molecule has 0 spiro atoms. The van der Waals surface area contributed by atoms with Gasteiger partial charge in [0.2, 0.25) is 0 Å². The Morgan fingerprint density at radius 2 is 1.33 bits per heavy atom. The van der Waals surface area contributed by atoms with Crippen LogP contribution in [0.3, 0.4) is 0 Å². The zero-order valence-electron chi connectivity index (χ0n) is 34.7. The van der Waals surface area contributed by atoms with Gasteiger partial charge >= 0.3 is 0 Å². The molecule has 2 fully saturated rings. The fourth-order valence-electron chi connectivity index (χ4n) is 7.74. The fraction of sp³-hybridized carbons (Fsp3) is 0.440. The van der Waals surface area contributed by atoms with E-state index in [1.165, 1.54) is 54.4 Å². The zero-order valence-corrected chi connectivity index (χ0v) is 34.7. The summed E-state index contributed by atoms with van der Waals surface area (Å²) in [5.74, 6) is 1.74. The molecule has 3 atom stereocenters. The van der Waals surface area contributed by atoms with E-state index >= 15 is 0 Å². The Hall–Kier alpha value is -4.28. The normalized spacial score (nSPS) is 18.6. The number of hydrogen-bond acceptors (Lipinski definition) is 4. The van der Waals surface area contributed by atoms with Crippen molar-refractivity contribution in [3.63, 3.8) is 0 Å². The Morgan fingerprint density at radius 3 is 1.87 bits per heavy atom. The quantitative estimate of drug-likeness (QED) is 0.147. The van der Waals surface area contributed by atoms with Crippen LogP contribution in [0, 0.1) is 18.8 Å². The maximum atomic E-state index is 6.51. The molecule has 0 aliphatic heterocycles. The van der Waals surface area contributed by atoms with Crippen LogP contribution in [0.5, 0.6) is 5.75 Å². The summed E-state index contributed by atoms with van der Waals surface area (Å²) in [4.78, 5) is 2.21. The SMILES string of the molecule is C=CC1CCC(OC2CCCCC2)CC1C(=C)N(C)c1ccc(OC)cc1.CC.CCc1ccc(Nc2ccc(C(C)(C)c3ccc(C)cc3)cc2)cc1. The Bertz CT molecular complexity index is 1680. The molecule has 4 aromatic carbocycles. The zero-order chi connectivity index (χ0) is 39.1. The number of allylic oxidation sites excluding steroid dienone is 2. The second-order valence-corrected chi connectivity index (χ2v) is 15.3. The van der Waals surface area contributed by atoms with Gasteiger partial charge in [-0.25, -0.2) is 0 Å². The molecule has 0 bridgehead atoms. The van der Waals surface area contributed by atoms with Gasteiger partial charge in [0.05, 0.1) is 19.3 Å². The van der Waals surface area contributed by atoms with Crippen LogP contribution in [-0.4, -0.2) is 26.4 Å². The van der Waals surface area contributed by atoms with Gasteiger partial charge in [0.15, 0.2) is 0 Å². The molecule has 3 unspecified atom stereocenters. The highest BCUT2D eigenvalue weighted by Gasteiger charge is 2.34. The van der Waals surface area contributed by atoms with E-state index in [0.29, 0.717) is 24.0 Å². The minimum atomic E-state index is -0.00496. The van der Waals surface area contributed by atoms with Gasteiger partial charge < -0.3 is 19.7 Å². The van der Waals surface area contributed by atoms with Gasteiger partial charge in [-0.05, 0) is 117 Å². The molecular formula is C50H68N2O2. The Morgan fingerprint density at radius 1 is 0.778 bits per heavy atom. The second-order valence-electron chi connectivity index (χ2n) is 15.3. The van der Waals surface area contributed by atoms with Crippen molar-refractivity contribution in [3.05, 3.63) is 144 Å². The average molecular weight is 729 g/mol. The van der Waals surface area contributed by atoms with E-state index in [0.717, 1.165) is 54.2 Å². The minimum Gasteiger partial charge on any atom is -0.497 e. The first-order valence-corrected chi connectivity index (χ1v) is 20.5. The highest BCUT2D eigenvalue weighted by atomic mass is 16.5. The summed E-state index contributed by atoms with van der Waals surface area (Å²) in [5, 5.41) is 3.48. The summed E-state index contributed by atoms with van der Waals surface area (Å²) >= 11 is 0. The minimum absolute atomic E-state index is 0.00496. The predicted octanol–water partition coefficient (Wildman–Crippen LogP) is 13.6. The smallest absolute Gasteiger partial charge is 0.119 e. The third-order valence-corrected chi connectivity index (χ3v) is 11.4. The van der Waals surface area contributed by atoms with Crippen LogP contribution >= 0.6 is 0 Å². The summed E-state index contributed by atoms with van der Waals surface area (Å²) in [6.45, 7) is 21.4. The van der Waals surface area contributed by atoms with Crippen molar-refractivity contribution in [2.24, 2.45) is 11.8 Å². The summed E-state index contributed by atoms with van der Waals surface area (Å²) in [6, 6.07) is 34.4. The Kier molecular flexibility index (Phi) is 16.5. The number of ether oxygens (including phenoxy) is 2. The van der Waals surface area contributed by atoms with Crippen LogP contribution in [0.4, 0.5) is 17.1 Å². The first-order valence-electron chi connectivity index (χ1n) is 20.5. The lowest BCUT2D eigenvalue weighted by Gasteiger charge is -2.40. The van der Waals surface area contributed by atoms with Gasteiger partial charge in [-0.15, -0.1) is 6.58 Å². The molecule has 2 aliphatic rings. The molecule has 0 saturated heterocycles. The molecule has 54 heavy (non-hydrogen) atoms. The monoisotopic (exact) mass is 729 g/mol. The van der Waals surface area contributed by atoms with Gasteiger partial charge in [0, 0.05) is 41.1 Å². The summed E-state index contributed by atoms with van der Waals surface area (Å²) in [5.41, 5.74) is 9.86. The average Bonchev–Trinajstić information content (AvgIpc) is 3.22. The number of anilines is 3.